The van der Waals surface area contributed by atoms with Crippen LogP contribution in [0.5, 0.6) is 0 Å². The van der Waals surface area contributed by atoms with Gasteiger partial charge < -0.3 is 9.64 Å². The van der Waals surface area contributed by atoms with Crippen LogP contribution in [0.15, 0.2) is 29.6 Å². The van der Waals surface area contributed by atoms with E-state index >= 15 is 0 Å². The number of hydrogen-bond acceptors (Lipinski definition) is 5. The first-order valence-electron chi connectivity index (χ1n) is 11.1. The summed E-state index contributed by atoms with van der Waals surface area (Å²) in [4.78, 5) is 31.3. The third kappa shape index (κ3) is 7.56. The number of unbranched alkanes of at least 4 members (excludes halogenated alkanes) is 4. The minimum Gasteiger partial charge on any atom is -0.461 e. The van der Waals surface area contributed by atoms with Gasteiger partial charge in [0, 0.05) is 17.5 Å². The van der Waals surface area contributed by atoms with Crippen LogP contribution in [0.4, 0.5) is 0 Å². The Balaban J connectivity index is 2.07. The molecule has 164 valence electrons. The van der Waals surface area contributed by atoms with Crippen molar-refractivity contribution in [2.75, 3.05) is 13.2 Å². The minimum absolute atomic E-state index is 0.0131. The minimum atomic E-state index is -0.414. The fraction of sp³-hybridized carbons (Fsp3) is 0.542. The van der Waals surface area contributed by atoms with Gasteiger partial charge >= 0.3 is 5.97 Å². The molecule has 2 rings (SSSR count). The van der Waals surface area contributed by atoms with Gasteiger partial charge in [-0.05, 0) is 43.9 Å². The van der Waals surface area contributed by atoms with Crippen LogP contribution in [-0.4, -0.2) is 34.9 Å². The summed E-state index contributed by atoms with van der Waals surface area (Å²) in [5.74, 6) is -0.401. The van der Waals surface area contributed by atoms with E-state index in [9.17, 15) is 9.59 Å². The molecule has 0 radical (unpaired) electrons. The van der Waals surface area contributed by atoms with E-state index in [1.54, 1.807) is 12.3 Å². The van der Waals surface area contributed by atoms with Crippen LogP contribution in [0.1, 0.15) is 90.7 Å². The monoisotopic (exact) mass is 430 g/mol. The number of rotatable bonds is 13. The van der Waals surface area contributed by atoms with Crippen LogP contribution in [-0.2, 0) is 17.7 Å². The highest BCUT2D eigenvalue weighted by Gasteiger charge is 2.19. The molecule has 0 spiro atoms. The Bertz CT molecular complexity index is 786. The molecule has 5 nitrogen and oxygen atoms in total. The third-order valence-corrected chi connectivity index (χ3v) is 5.78. The van der Waals surface area contributed by atoms with Crippen LogP contribution < -0.4 is 0 Å². The summed E-state index contributed by atoms with van der Waals surface area (Å²) in [6, 6.07) is 8.00. The maximum Gasteiger partial charge on any atom is 0.357 e. The van der Waals surface area contributed by atoms with Crippen molar-refractivity contribution in [3.05, 3.63) is 51.5 Å². The molecule has 6 heteroatoms. The molecule has 0 bridgehead atoms. The van der Waals surface area contributed by atoms with Crippen molar-refractivity contribution in [1.29, 1.82) is 0 Å². The summed E-state index contributed by atoms with van der Waals surface area (Å²) in [7, 11) is 0. The first-order valence-corrected chi connectivity index (χ1v) is 12.0. The Morgan fingerprint density at radius 3 is 2.37 bits per heavy atom. The van der Waals surface area contributed by atoms with Gasteiger partial charge in [-0.1, -0.05) is 51.7 Å². The predicted octanol–water partition coefficient (Wildman–Crippen LogP) is 5.89. The van der Waals surface area contributed by atoms with Crippen LogP contribution in [0, 0.1) is 0 Å². The second-order valence-corrected chi connectivity index (χ2v) is 8.38. The lowest BCUT2D eigenvalue weighted by atomic mass is 10.0. The molecular formula is C24H34N2O3S. The average Bonchev–Trinajstić information content (AvgIpc) is 3.22. The van der Waals surface area contributed by atoms with Crippen LogP contribution in [0.2, 0.25) is 0 Å². The molecule has 0 fully saturated rings. The second-order valence-electron chi connectivity index (χ2n) is 7.43. The lowest BCUT2D eigenvalue weighted by Gasteiger charge is -2.22. The quantitative estimate of drug-likeness (QED) is 0.294. The molecule has 0 unspecified atom stereocenters. The van der Waals surface area contributed by atoms with Gasteiger partial charge in [-0.15, -0.1) is 11.3 Å². The number of esters is 1. The summed E-state index contributed by atoms with van der Waals surface area (Å²) < 4.78 is 5.01. The summed E-state index contributed by atoms with van der Waals surface area (Å²) in [5, 5.41) is 2.45. The van der Waals surface area contributed by atoms with Crippen molar-refractivity contribution in [2.24, 2.45) is 0 Å². The van der Waals surface area contributed by atoms with E-state index in [2.05, 4.69) is 31.0 Å². The van der Waals surface area contributed by atoms with Gasteiger partial charge in [-0.2, -0.15) is 0 Å². The first-order chi connectivity index (χ1) is 14.6. The van der Waals surface area contributed by atoms with E-state index in [0.717, 1.165) is 30.7 Å². The molecule has 0 aliphatic carbocycles. The molecule has 0 aliphatic rings. The smallest absolute Gasteiger partial charge is 0.357 e. The standard InChI is InChI=1S/C24H34N2O3S/c1-4-7-9-11-19-12-14-20(15-13-19)23(27)26(16-10-8-5-2)17-22-25-21(18-30-22)24(28)29-6-3/h12-15,18H,4-11,16-17H2,1-3H3. The number of aromatic nitrogens is 1. The molecule has 1 aromatic heterocycles. The summed E-state index contributed by atoms with van der Waals surface area (Å²) in [6.45, 7) is 7.53. The highest BCUT2D eigenvalue weighted by atomic mass is 32.1. The summed E-state index contributed by atoms with van der Waals surface area (Å²) in [6.07, 6.45) is 7.79. The van der Waals surface area contributed by atoms with E-state index in [0.29, 0.717) is 31.0 Å². The zero-order valence-corrected chi connectivity index (χ0v) is 19.3. The second kappa shape index (κ2) is 13.2. The average molecular weight is 431 g/mol. The highest BCUT2D eigenvalue weighted by molar-refractivity contribution is 7.09. The number of thiazole rings is 1. The van der Waals surface area contributed by atoms with E-state index in [4.69, 9.17) is 4.74 Å². The fourth-order valence-corrected chi connectivity index (χ4v) is 4.00. The number of hydrogen-bond donors (Lipinski definition) is 0. The van der Waals surface area contributed by atoms with Crippen molar-refractivity contribution < 1.29 is 14.3 Å². The van der Waals surface area contributed by atoms with Gasteiger partial charge in [0.05, 0.1) is 13.2 Å². The first kappa shape index (κ1) is 24.1. The largest absolute Gasteiger partial charge is 0.461 e. The maximum atomic E-state index is 13.2. The molecule has 30 heavy (non-hydrogen) atoms. The molecule has 1 aromatic carbocycles. The summed E-state index contributed by atoms with van der Waals surface area (Å²) >= 11 is 1.39. The van der Waals surface area contributed by atoms with Gasteiger partial charge in [0.15, 0.2) is 5.69 Å². The van der Waals surface area contributed by atoms with Gasteiger partial charge in [0.2, 0.25) is 0 Å². The Morgan fingerprint density at radius 1 is 1.00 bits per heavy atom. The van der Waals surface area contributed by atoms with Gasteiger partial charge in [0.1, 0.15) is 5.01 Å². The Kier molecular flexibility index (Phi) is 10.6. The number of amides is 1. The van der Waals surface area contributed by atoms with Crippen molar-refractivity contribution in [1.82, 2.24) is 9.88 Å². The topological polar surface area (TPSA) is 59.5 Å². The zero-order chi connectivity index (χ0) is 21.8. The van der Waals surface area contributed by atoms with Crippen molar-refractivity contribution >= 4 is 23.2 Å². The zero-order valence-electron chi connectivity index (χ0n) is 18.5. The van der Waals surface area contributed by atoms with E-state index in [1.807, 2.05) is 17.0 Å². The normalized spacial score (nSPS) is 10.8. The van der Waals surface area contributed by atoms with E-state index in [-0.39, 0.29) is 5.91 Å². The SMILES string of the molecule is CCCCCc1ccc(C(=O)N(CCCCC)Cc2nc(C(=O)OCC)cs2)cc1. The van der Waals surface area contributed by atoms with Crippen molar-refractivity contribution in [2.45, 2.75) is 72.3 Å². The van der Waals surface area contributed by atoms with Gasteiger partial charge in [-0.3, -0.25) is 4.79 Å². The Morgan fingerprint density at radius 2 is 1.70 bits per heavy atom. The molecule has 1 heterocycles. The van der Waals surface area contributed by atoms with Crippen molar-refractivity contribution in [3.63, 3.8) is 0 Å². The summed E-state index contributed by atoms with van der Waals surface area (Å²) in [5.41, 5.74) is 2.29. The predicted molar refractivity (Wildman–Crippen MR) is 122 cm³/mol. The Labute approximate surface area is 184 Å². The Hall–Kier alpha value is -2.21. The highest BCUT2D eigenvalue weighted by Crippen LogP contribution is 2.17. The number of carbonyl (C=O) groups is 2. The molecule has 0 aliphatic heterocycles. The number of ether oxygens (including phenoxy) is 1. The number of carbonyl (C=O) groups excluding carboxylic acids is 2. The number of aryl methyl sites for hydroxylation is 1. The molecule has 0 saturated carbocycles. The van der Waals surface area contributed by atoms with Crippen LogP contribution in [0.3, 0.4) is 0 Å². The van der Waals surface area contributed by atoms with E-state index in [1.165, 1.54) is 36.2 Å². The molecule has 2 aromatic rings. The third-order valence-electron chi connectivity index (χ3n) is 4.95. The molecule has 0 saturated heterocycles. The van der Waals surface area contributed by atoms with Crippen LogP contribution in [0.25, 0.3) is 0 Å². The van der Waals surface area contributed by atoms with Crippen LogP contribution >= 0.6 is 11.3 Å². The molecular weight excluding hydrogens is 396 g/mol. The molecule has 1 amide bonds. The van der Waals surface area contributed by atoms with Gasteiger partial charge in [0.25, 0.3) is 5.91 Å². The van der Waals surface area contributed by atoms with E-state index < -0.39 is 5.97 Å². The maximum absolute atomic E-state index is 13.2. The van der Waals surface area contributed by atoms with Gasteiger partial charge in [-0.25, -0.2) is 9.78 Å². The van der Waals surface area contributed by atoms with Crippen molar-refractivity contribution in [3.8, 4) is 0 Å². The molecule has 0 N–H and O–H groups in total. The lowest BCUT2D eigenvalue weighted by Crippen LogP contribution is -2.31. The number of nitrogens with zero attached hydrogens (tertiary/aromatic N) is 2. The lowest BCUT2D eigenvalue weighted by molar-refractivity contribution is 0.0520. The fourth-order valence-electron chi connectivity index (χ4n) is 3.23. The number of benzene rings is 1. The molecule has 0 atom stereocenters.